The fourth-order valence-electron chi connectivity index (χ4n) is 0.849. The van der Waals surface area contributed by atoms with E-state index in [1.54, 1.807) is 0 Å². The highest BCUT2D eigenvalue weighted by Crippen LogP contribution is 2.08. The molecule has 1 aromatic carbocycles. The summed E-state index contributed by atoms with van der Waals surface area (Å²) in [6, 6.07) is 7.73. The normalized spacial score (nSPS) is 9.50. The maximum Gasteiger partial charge on any atom is 0.228 e. The molecule has 3 heteroatoms. The molecule has 2 nitrogen and oxygen atoms in total. The SMILES string of the molecule is Cc1ccc(NC(=O)CP)cc1. The lowest BCUT2D eigenvalue weighted by Crippen LogP contribution is -2.11. The largest absolute Gasteiger partial charge is 0.326 e. The number of carbonyl (C=O) groups excluding carboxylic acids is 1. The molecule has 0 aromatic heterocycles. The van der Waals surface area contributed by atoms with Crippen molar-refractivity contribution >= 4 is 20.8 Å². The number of nitrogens with one attached hydrogen (secondary N) is 1. The lowest BCUT2D eigenvalue weighted by atomic mass is 10.2. The molecule has 64 valence electrons. The molecule has 0 aliphatic rings. The van der Waals surface area contributed by atoms with E-state index < -0.39 is 0 Å². The third-order valence-electron chi connectivity index (χ3n) is 1.52. The van der Waals surface area contributed by atoms with Crippen LogP contribution in [-0.2, 0) is 4.79 Å². The summed E-state index contributed by atoms with van der Waals surface area (Å²) < 4.78 is 0. The van der Waals surface area contributed by atoms with Crippen molar-refractivity contribution in [3.8, 4) is 0 Å². The Morgan fingerprint density at radius 3 is 2.50 bits per heavy atom. The van der Waals surface area contributed by atoms with E-state index in [4.69, 9.17) is 0 Å². The monoisotopic (exact) mass is 181 g/mol. The highest BCUT2D eigenvalue weighted by molar-refractivity contribution is 7.18. The van der Waals surface area contributed by atoms with E-state index in [9.17, 15) is 4.79 Å². The summed E-state index contributed by atoms with van der Waals surface area (Å²) in [5.74, 6) is 0.0175. The van der Waals surface area contributed by atoms with E-state index in [0.29, 0.717) is 6.16 Å². The minimum Gasteiger partial charge on any atom is -0.326 e. The molecule has 0 bridgehead atoms. The zero-order valence-corrected chi connectivity index (χ0v) is 8.16. The van der Waals surface area contributed by atoms with Crippen molar-refractivity contribution in [2.45, 2.75) is 6.92 Å². The quantitative estimate of drug-likeness (QED) is 0.692. The predicted molar refractivity (Wildman–Crippen MR) is 54.4 cm³/mol. The number of anilines is 1. The summed E-state index contributed by atoms with van der Waals surface area (Å²) in [6.45, 7) is 2.02. The molecule has 1 amide bonds. The molecule has 1 N–H and O–H groups in total. The van der Waals surface area contributed by atoms with Crippen LogP contribution in [0.15, 0.2) is 24.3 Å². The maximum atomic E-state index is 10.9. The van der Waals surface area contributed by atoms with Gasteiger partial charge in [-0.05, 0) is 19.1 Å². The minimum absolute atomic E-state index is 0.0175. The molecule has 1 rings (SSSR count). The molecular weight excluding hydrogens is 169 g/mol. The Balaban J connectivity index is 2.64. The second-order valence-corrected chi connectivity index (χ2v) is 3.03. The molecule has 1 aromatic rings. The molecule has 0 spiro atoms. The van der Waals surface area contributed by atoms with Crippen LogP contribution in [0.2, 0.25) is 0 Å². The first-order valence-electron chi connectivity index (χ1n) is 3.79. The van der Waals surface area contributed by atoms with Crippen molar-refractivity contribution in [3.05, 3.63) is 29.8 Å². The van der Waals surface area contributed by atoms with Gasteiger partial charge in [-0.1, -0.05) is 17.7 Å². The Morgan fingerprint density at radius 2 is 2.00 bits per heavy atom. The van der Waals surface area contributed by atoms with Gasteiger partial charge in [0.25, 0.3) is 0 Å². The van der Waals surface area contributed by atoms with Gasteiger partial charge < -0.3 is 5.32 Å². The smallest absolute Gasteiger partial charge is 0.228 e. The second kappa shape index (κ2) is 4.22. The number of amides is 1. The molecule has 1 atom stereocenters. The van der Waals surface area contributed by atoms with Gasteiger partial charge in [-0.25, -0.2) is 0 Å². The van der Waals surface area contributed by atoms with Crippen molar-refractivity contribution in [1.82, 2.24) is 0 Å². The van der Waals surface area contributed by atoms with Gasteiger partial charge in [-0.3, -0.25) is 4.79 Å². The highest BCUT2D eigenvalue weighted by Gasteiger charge is 1.96. The average Bonchev–Trinajstić information content (AvgIpc) is 2.09. The van der Waals surface area contributed by atoms with E-state index in [0.717, 1.165) is 5.69 Å². The third-order valence-corrected chi connectivity index (χ3v) is 1.89. The number of aryl methyl sites for hydroxylation is 1. The third kappa shape index (κ3) is 2.63. The van der Waals surface area contributed by atoms with Crippen molar-refractivity contribution < 1.29 is 4.79 Å². The number of hydrogen-bond donors (Lipinski definition) is 1. The Kier molecular flexibility index (Phi) is 3.24. The van der Waals surface area contributed by atoms with Gasteiger partial charge in [0.15, 0.2) is 0 Å². The lowest BCUT2D eigenvalue weighted by Gasteiger charge is -2.02. The first-order chi connectivity index (χ1) is 5.72. The van der Waals surface area contributed by atoms with E-state index in [-0.39, 0.29) is 5.91 Å². The summed E-state index contributed by atoms with van der Waals surface area (Å²) in [7, 11) is 2.39. The van der Waals surface area contributed by atoms with Gasteiger partial charge in [0, 0.05) is 11.8 Å². The standard InChI is InChI=1S/C9H12NOP/c1-7-2-4-8(5-3-7)10-9(11)6-12/h2-5H,6,12H2,1H3,(H,10,11). The van der Waals surface area contributed by atoms with Gasteiger partial charge in [0.2, 0.25) is 5.91 Å². The first kappa shape index (κ1) is 9.21. The van der Waals surface area contributed by atoms with E-state index in [1.807, 2.05) is 31.2 Å². The molecular formula is C9H12NOP. The fourth-order valence-corrected chi connectivity index (χ4v) is 0.951. The van der Waals surface area contributed by atoms with Crippen LogP contribution in [0, 0.1) is 6.92 Å². The van der Waals surface area contributed by atoms with Gasteiger partial charge in [-0.15, -0.1) is 9.24 Å². The van der Waals surface area contributed by atoms with E-state index >= 15 is 0 Å². The number of rotatable bonds is 2. The average molecular weight is 181 g/mol. The summed E-state index contributed by atoms with van der Waals surface area (Å²) in [5.41, 5.74) is 2.05. The molecule has 0 aliphatic carbocycles. The molecule has 0 saturated heterocycles. The topological polar surface area (TPSA) is 29.1 Å². The number of hydrogen-bond acceptors (Lipinski definition) is 1. The van der Waals surface area contributed by atoms with Crippen LogP contribution in [0.5, 0.6) is 0 Å². The van der Waals surface area contributed by atoms with Crippen LogP contribution in [0.3, 0.4) is 0 Å². The molecule has 0 aliphatic heterocycles. The van der Waals surface area contributed by atoms with Gasteiger partial charge >= 0.3 is 0 Å². The van der Waals surface area contributed by atoms with Gasteiger partial charge in [0.1, 0.15) is 0 Å². The minimum atomic E-state index is 0.0175. The summed E-state index contributed by atoms with van der Waals surface area (Å²) in [4.78, 5) is 10.9. The maximum absolute atomic E-state index is 10.9. The van der Waals surface area contributed by atoms with Crippen LogP contribution in [0.4, 0.5) is 5.69 Å². The van der Waals surface area contributed by atoms with Crippen LogP contribution in [0.1, 0.15) is 5.56 Å². The lowest BCUT2D eigenvalue weighted by molar-refractivity contribution is -0.113. The summed E-state index contributed by atoms with van der Waals surface area (Å²) >= 11 is 0. The van der Waals surface area contributed by atoms with Crippen molar-refractivity contribution in [2.75, 3.05) is 11.5 Å². The molecule has 0 radical (unpaired) electrons. The molecule has 12 heavy (non-hydrogen) atoms. The van der Waals surface area contributed by atoms with E-state index in [2.05, 4.69) is 14.6 Å². The Bertz CT molecular complexity index is 268. The second-order valence-electron chi connectivity index (χ2n) is 2.62. The van der Waals surface area contributed by atoms with Gasteiger partial charge in [0.05, 0.1) is 0 Å². The van der Waals surface area contributed by atoms with Crippen molar-refractivity contribution in [1.29, 1.82) is 0 Å². The molecule has 0 saturated carbocycles. The van der Waals surface area contributed by atoms with Crippen molar-refractivity contribution in [2.24, 2.45) is 0 Å². The van der Waals surface area contributed by atoms with Crippen LogP contribution >= 0.6 is 9.24 Å². The first-order valence-corrected chi connectivity index (χ1v) is 4.60. The van der Waals surface area contributed by atoms with Gasteiger partial charge in [-0.2, -0.15) is 0 Å². The van der Waals surface area contributed by atoms with Crippen LogP contribution in [-0.4, -0.2) is 12.1 Å². The predicted octanol–water partition coefficient (Wildman–Crippen LogP) is 1.81. The van der Waals surface area contributed by atoms with E-state index in [1.165, 1.54) is 5.56 Å². The Labute approximate surface area is 74.6 Å². The fraction of sp³-hybridized carbons (Fsp3) is 0.222. The molecule has 0 fully saturated rings. The summed E-state index contributed by atoms with van der Waals surface area (Å²) in [6.07, 6.45) is 0.438. The van der Waals surface area contributed by atoms with Crippen LogP contribution < -0.4 is 5.32 Å². The number of benzene rings is 1. The highest BCUT2D eigenvalue weighted by atomic mass is 31.0. The Morgan fingerprint density at radius 1 is 1.42 bits per heavy atom. The molecule has 0 heterocycles. The Hall–Kier alpha value is -0.880. The zero-order valence-electron chi connectivity index (χ0n) is 7.00. The summed E-state index contributed by atoms with van der Waals surface area (Å²) in [5, 5.41) is 2.76. The molecule has 1 unspecified atom stereocenters. The van der Waals surface area contributed by atoms with Crippen LogP contribution in [0.25, 0.3) is 0 Å². The van der Waals surface area contributed by atoms with Crippen molar-refractivity contribution in [3.63, 3.8) is 0 Å². The number of carbonyl (C=O) groups is 1. The zero-order chi connectivity index (χ0) is 8.97.